The summed E-state index contributed by atoms with van der Waals surface area (Å²) in [6.07, 6.45) is 3.75. The molecule has 0 aliphatic rings. The van der Waals surface area contributed by atoms with E-state index >= 15 is 0 Å². The molecular weight excluding hydrogens is 146 g/mol. The number of terminal acetylenes is 1. The number of hydrogen-bond acceptors (Lipinski definition) is 0. The maximum Gasteiger partial charge on any atom is 0.0985 e. The Kier molecular flexibility index (Phi) is 4.85. The molecule has 0 fully saturated rings. The van der Waals surface area contributed by atoms with Crippen molar-refractivity contribution in [3.8, 4) is 12.3 Å². The lowest BCUT2D eigenvalue weighted by Gasteiger charge is -2.11. The zero-order chi connectivity index (χ0) is 8.85. The molecule has 0 amide bonds. The first-order valence-corrected chi connectivity index (χ1v) is 3.80. The summed E-state index contributed by atoms with van der Waals surface area (Å²) in [4.78, 5) is 0. The van der Waals surface area contributed by atoms with Gasteiger partial charge >= 0.3 is 0 Å². The summed E-state index contributed by atoms with van der Waals surface area (Å²) in [5.41, 5.74) is 0. The van der Waals surface area contributed by atoms with Gasteiger partial charge in [-0.05, 0) is 26.7 Å². The second-order valence-corrected chi connectivity index (χ2v) is 2.90. The zero-order valence-corrected chi connectivity index (χ0v) is 6.98. The lowest BCUT2D eigenvalue weighted by Crippen LogP contribution is -2.09. The fourth-order valence-electron chi connectivity index (χ4n) is 1.02. The fraction of sp³-hybridized carbons (Fsp3) is 0.778. The van der Waals surface area contributed by atoms with Crippen LogP contribution in [0.1, 0.15) is 26.7 Å². The Balaban J connectivity index is 3.70. The van der Waals surface area contributed by atoms with E-state index < -0.39 is 12.3 Å². The van der Waals surface area contributed by atoms with Crippen LogP contribution in [0.5, 0.6) is 0 Å². The van der Waals surface area contributed by atoms with Crippen LogP contribution in [-0.2, 0) is 0 Å². The highest BCUT2D eigenvalue weighted by atomic mass is 19.1. The van der Waals surface area contributed by atoms with E-state index in [1.165, 1.54) is 13.8 Å². The molecule has 2 unspecified atom stereocenters. The van der Waals surface area contributed by atoms with Crippen molar-refractivity contribution in [1.29, 1.82) is 0 Å². The normalized spacial score (nSPS) is 18.5. The molecule has 0 aliphatic heterocycles. The number of alkyl halides is 2. The molecule has 0 spiro atoms. The highest BCUT2D eigenvalue weighted by Crippen LogP contribution is 2.15. The average Bonchev–Trinajstić information content (AvgIpc) is 1.84. The first-order valence-electron chi connectivity index (χ1n) is 3.80. The number of hydrogen-bond donors (Lipinski definition) is 0. The van der Waals surface area contributed by atoms with Crippen LogP contribution < -0.4 is 0 Å². The number of halogens is 2. The largest absolute Gasteiger partial charge is 0.248 e. The summed E-state index contributed by atoms with van der Waals surface area (Å²) in [5.74, 6) is 2.13. The molecule has 2 heteroatoms. The third kappa shape index (κ3) is 5.84. The summed E-state index contributed by atoms with van der Waals surface area (Å²) < 4.78 is 24.7. The molecule has 0 saturated carbocycles. The molecule has 2 atom stereocenters. The van der Waals surface area contributed by atoms with Crippen LogP contribution in [0.15, 0.2) is 0 Å². The third-order valence-electron chi connectivity index (χ3n) is 1.45. The molecule has 0 aromatic carbocycles. The summed E-state index contributed by atoms with van der Waals surface area (Å²) in [7, 11) is 0. The van der Waals surface area contributed by atoms with Gasteiger partial charge in [-0.15, -0.1) is 12.3 Å². The van der Waals surface area contributed by atoms with E-state index in [-0.39, 0.29) is 18.8 Å². The van der Waals surface area contributed by atoms with Gasteiger partial charge in [0.05, 0.1) is 12.3 Å². The standard InChI is InChI=1S/C9H14F2/c1-4-9(5-7(2)10)6-8(3)11/h1,7-9H,5-6H2,2-3H3. The van der Waals surface area contributed by atoms with Gasteiger partial charge in [-0.3, -0.25) is 0 Å². The molecule has 11 heavy (non-hydrogen) atoms. The molecular formula is C9H14F2. The Morgan fingerprint density at radius 2 is 1.55 bits per heavy atom. The molecule has 0 nitrogen and oxygen atoms in total. The van der Waals surface area contributed by atoms with Crippen molar-refractivity contribution < 1.29 is 8.78 Å². The predicted octanol–water partition coefficient (Wildman–Crippen LogP) is 2.73. The summed E-state index contributed by atoms with van der Waals surface area (Å²) >= 11 is 0. The molecule has 0 aromatic heterocycles. The van der Waals surface area contributed by atoms with E-state index in [9.17, 15) is 8.78 Å². The van der Waals surface area contributed by atoms with Gasteiger partial charge in [0.25, 0.3) is 0 Å². The zero-order valence-electron chi connectivity index (χ0n) is 6.98. The predicted molar refractivity (Wildman–Crippen MR) is 42.7 cm³/mol. The minimum atomic E-state index is -0.935. The molecule has 0 N–H and O–H groups in total. The SMILES string of the molecule is C#CC(CC(C)F)CC(C)F. The molecule has 64 valence electrons. The van der Waals surface area contributed by atoms with Crippen LogP contribution in [0, 0.1) is 18.3 Å². The van der Waals surface area contributed by atoms with E-state index in [0.717, 1.165) is 0 Å². The van der Waals surface area contributed by atoms with Crippen LogP contribution >= 0.6 is 0 Å². The van der Waals surface area contributed by atoms with Crippen molar-refractivity contribution in [3.05, 3.63) is 0 Å². The first-order chi connectivity index (χ1) is 5.06. The lowest BCUT2D eigenvalue weighted by atomic mass is 9.98. The molecule has 0 heterocycles. The van der Waals surface area contributed by atoms with Crippen molar-refractivity contribution >= 4 is 0 Å². The van der Waals surface area contributed by atoms with Crippen molar-refractivity contribution in [2.75, 3.05) is 0 Å². The van der Waals surface area contributed by atoms with E-state index in [0.29, 0.717) is 0 Å². The van der Waals surface area contributed by atoms with Gasteiger partial charge in [-0.2, -0.15) is 0 Å². The highest BCUT2D eigenvalue weighted by molar-refractivity contribution is 4.94. The van der Waals surface area contributed by atoms with Crippen molar-refractivity contribution in [3.63, 3.8) is 0 Å². The van der Waals surface area contributed by atoms with E-state index in [4.69, 9.17) is 6.42 Å². The van der Waals surface area contributed by atoms with Gasteiger partial charge in [-0.25, -0.2) is 8.78 Å². The van der Waals surface area contributed by atoms with Crippen LogP contribution in [-0.4, -0.2) is 12.3 Å². The van der Waals surface area contributed by atoms with Gasteiger partial charge < -0.3 is 0 Å². The van der Waals surface area contributed by atoms with Gasteiger partial charge in [0.2, 0.25) is 0 Å². The van der Waals surface area contributed by atoms with Crippen LogP contribution in [0.2, 0.25) is 0 Å². The highest BCUT2D eigenvalue weighted by Gasteiger charge is 2.12. The molecule has 0 radical (unpaired) electrons. The van der Waals surface area contributed by atoms with Crippen LogP contribution in [0.25, 0.3) is 0 Å². The second kappa shape index (κ2) is 5.12. The summed E-state index contributed by atoms with van der Waals surface area (Å²) in [6.45, 7) is 2.88. The van der Waals surface area contributed by atoms with Crippen molar-refractivity contribution in [2.24, 2.45) is 5.92 Å². The Labute approximate surface area is 67.0 Å². The fourth-order valence-corrected chi connectivity index (χ4v) is 1.02. The smallest absolute Gasteiger partial charge is 0.0985 e. The van der Waals surface area contributed by atoms with E-state index in [1.807, 2.05) is 0 Å². The second-order valence-electron chi connectivity index (χ2n) is 2.90. The minimum absolute atomic E-state index is 0.255. The maximum absolute atomic E-state index is 12.4. The van der Waals surface area contributed by atoms with Gasteiger partial charge in [-0.1, -0.05) is 0 Å². The van der Waals surface area contributed by atoms with Gasteiger partial charge in [0.1, 0.15) is 0 Å². The molecule has 0 aromatic rings. The van der Waals surface area contributed by atoms with E-state index in [1.54, 1.807) is 0 Å². The van der Waals surface area contributed by atoms with Crippen LogP contribution in [0.4, 0.5) is 8.78 Å². The third-order valence-corrected chi connectivity index (χ3v) is 1.45. The summed E-state index contributed by atoms with van der Waals surface area (Å²) in [5, 5.41) is 0. The van der Waals surface area contributed by atoms with Gasteiger partial charge in [0.15, 0.2) is 0 Å². The maximum atomic E-state index is 12.4. The average molecular weight is 160 g/mol. The topological polar surface area (TPSA) is 0 Å². The van der Waals surface area contributed by atoms with E-state index in [2.05, 4.69) is 5.92 Å². The monoisotopic (exact) mass is 160 g/mol. The molecule has 0 aliphatic carbocycles. The first kappa shape index (κ1) is 10.4. The molecule has 0 bridgehead atoms. The molecule has 0 rings (SSSR count). The Hall–Kier alpha value is -0.580. The van der Waals surface area contributed by atoms with Crippen molar-refractivity contribution in [2.45, 2.75) is 39.0 Å². The Morgan fingerprint density at radius 3 is 1.73 bits per heavy atom. The Bertz CT molecular complexity index is 123. The molecule has 0 saturated heterocycles. The quantitative estimate of drug-likeness (QED) is 0.555. The summed E-state index contributed by atoms with van der Waals surface area (Å²) in [6, 6.07) is 0. The Morgan fingerprint density at radius 1 is 1.18 bits per heavy atom. The van der Waals surface area contributed by atoms with Crippen LogP contribution in [0.3, 0.4) is 0 Å². The number of rotatable bonds is 4. The van der Waals surface area contributed by atoms with Crippen molar-refractivity contribution in [1.82, 2.24) is 0 Å². The lowest BCUT2D eigenvalue weighted by molar-refractivity contribution is 0.262. The van der Waals surface area contributed by atoms with Gasteiger partial charge in [0, 0.05) is 5.92 Å². The minimum Gasteiger partial charge on any atom is -0.248 e.